The van der Waals surface area contributed by atoms with Gasteiger partial charge in [-0.2, -0.15) is 0 Å². The van der Waals surface area contributed by atoms with Crippen molar-refractivity contribution in [1.29, 1.82) is 0 Å². The Bertz CT molecular complexity index is 640. The maximum Gasteiger partial charge on any atom is 0.122 e. The van der Waals surface area contributed by atoms with Gasteiger partial charge in [0.25, 0.3) is 0 Å². The zero-order valence-corrected chi connectivity index (χ0v) is 16.2. The summed E-state index contributed by atoms with van der Waals surface area (Å²) in [5, 5.41) is 0. The Kier molecular flexibility index (Phi) is 7.57. The molecular weight excluding hydrogens is 318 g/mol. The van der Waals surface area contributed by atoms with Gasteiger partial charge in [-0.3, -0.25) is 0 Å². The highest BCUT2D eigenvalue weighted by molar-refractivity contribution is 5.37. The number of para-hydroxylation sites is 1. The summed E-state index contributed by atoms with van der Waals surface area (Å²) in [6, 6.07) is 19.2. The number of piperidine rings is 1. The van der Waals surface area contributed by atoms with Gasteiger partial charge in [0.2, 0.25) is 0 Å². The zero-order valence-electron chi connectivity index (χ0n) is 16.2. The molecule has 2 aromatic carbocycles. The summed E-state index contributed by atoms with van der Waals surface area (Å²) in [5.41, 5.74) is 2.62. The minimum atomic E-state index is 0.662. The normalized spacial score (nSPS) is 18.0. The SMILES string of the molecule is CCCCCN1CCCC(COc2ccccc2Cc2ccccc2)C1. The molecule has 1 saturated heterocycles. The first-order valence-electron chi connectivity index (χ1n) is 10.3. The van der Waals surface area contributed by atoms with E-state index in [1.807, 2.05) is 0 Å². The van der Waals surface area contributed by atoms with Crippen molar-refractivity contribution in [3.05, 3.63) is 65.7 Å². The Hall–Kier alpha value is -1.80. The van der Waals surface area contributed by atoms with Crippen molar-refractivity contribution in [1.82, 2.24) is 4.90 Å². The molecule has 1 atom stereocenters. The molecule has 3 rings (SSSR count). The van der Waals surface area contributed by atoms with Crippen molar-refractivity contribution >= 4 is 0 Å². The molecule has 0 saturated carbocycles. The standard InChI is InChI=1S/C24H33NO/c1-2-3-9-16-25-17-10-13-22(19-25)20-26-24-15-8-7-14-23(24)18-21-11-5-4-6-12-21/h4-8,11-12,14-15,22H,2-3,9-10,13,16-20H2,1H3. The van der Waals surface area contributed by atoms with Gasteiger partial charge in [-0.25, -0.2) is 0 Å². The first-order valence-corrected chi connectivity index (χ1v) is 10.3. The maximum atomic E-state index is 6.30. The lowest BCUT2D eigenvalue weighted by atomic mass is 9.98. The van der Waals surface area contributed by atoms with Crippen LogP contribution in [0.25, 0.3) is 0 Å². The van der Waals surface area contributed by atoms with E-state index in [1.165, 1.54) is 62.9 Å². The molecule has 0 aliphatic carbocycles. The first kappa shape index (κ1) is 19.0. The van der Waals surface area contributed by atoms with Crippen molar-refractivity contribution in [2.45, 2.75) is 45.4 Å². The number of ether oxygens (including phenoxy) is 1. The summed E-state index contributed by atoms with van der Waals surface area (Å²) in [4.78, 5) is 2.64. The van der Waals surface area contributed by atoms with E-state index in [1.54, 1.807) is 0 Å². The van der Waals surface area contributed by atoms with E-state index >= 15 is 0 Å². The number of hydrogen-bond donors (Lipinski definition) is 0. The van der Waals surface area contributed by atoms with Crippen LogP contribution in [0.1, 0.15) is 50.2 Å². The van der Waals surface area contributed by atoms with E-state index in [4.69, 9.17) is 4.74 Å². The summed E-state index contributed by atoms with van der Waals surface area (Å²) in [6.07, 6.45) is 7.54. The molecule has 0 spiro atoms. The number of rotatable bonds is 9. The van der Waals surface area contributed by atoms with E-state index in [0.717, 1.165) is 18.8 Å². The van der Waals surface area contributed by atoms with Crippen LogP contribution in [0, 0.1) is 5.92 Å². The number of likely N-dealkylation sites (tertiary alicyclic amines) is 1. The third-order valence-electron chi connectivity index (χ3n) is 5.37. The molecule has 26 heavy (non-hydrogen) atoms. The fourth-order valence-electron chi connectivity index (χ4n) is 3.89. The van der Waals surface area contributed by atoms with Crippen LogP contribution in [0.2, 0.25) is 0 Å². The maximum absolute atomic E-state index is 6.30. The molecular formula is C24H33NO. The van der Waals surface area contributed by atoms with Crippen LogP contribution in [0.15, 0.2) is 54.6 Å². The van der Waals surface area contributed by atoms with Crippen molar-refractivity contribution in [2.75, 3.05) is 26.2 Å². The Labute approximate surface area is 159 Å². The lowest BCUT2D eigenvalue weighted by molar-refractivity contribution is 0.128. The molecule has 1 heterocycles. The molecule has 2 heteroatoms. The smallest absolute Gasteiger partial charge is 0.122 e. The van der Waals surface area contributed by atoms with E-state index < -0.39 is 0 Å². The molecule has 0 radical (unpaired) electrons. The van der Waals surface area contributed by atoms with Crippen molar-refractivity contribution in [3.8, 4) is 5.75 Å². The van der Waals surface area contributed by atoms with E-state index in [2.05, 4.69) is 66.4 Å². The molecule has 1 aliphatic rings. The molecule has 0 N–H and O–H groups in total. The van der Waals surface area contributed by atoms with Crippen molar-refractivity contribution < 1.29 is 4.74 Å². The molecule has 1 unspecified atom stereocenters. The van der Waals surface area contributed by atoms with Crippen LogP contribution in [0.3, 0.4) is 0 Å². The van der Waals surface area contributed by atoms with Crippen LogP contribution in [-0.4, -0.2) is 31.1 Å². The van der Waals surface area contributed by atoms with Gasteiger partial charge in [-0.1, -0.05) is 68.3 Å². The highest BCUT2D eigenvalue weighted by atomic mass is 16.5. The Morgan fingerprint density at radius 1 is 1.00 bits per heavy atom. The van der Waals surface area contributed by atoms with Crippen LogP contribution in [0.5, 0.6) is 5.75 Å². The van der Waals surface area contributed by atoms with Crippen molar-refractivity contribution in [2.24, 2.45) is 5.92 Å². The molecule has 1 aliphatic heterocycles. The Balaban J connectivity index is 1.53. The van der Waals surface area contributed by atoms with Crippen LogP contribution in [-0.2, 0) is 6.42 Å². The van der Waals surface area contributed by atoms with Gasteiger partial charge in [0, 0.05) is 18.9 Å². The van der Waals surface area contributed by atoms with Gasteiger partial charge in [0.15, 0.2) is 0 Å². The number of hydrogen-bond acceptors (Lipinski definition) is 2. The van der Waals surface area contributed by atoms with Gasteiger partial charge in [0.05, 0.1) is 6.61 Å². The molecule has 0 amide bonds. The average molecular weight is 352 g/mol. The second kappa shape index (κ2) is 10.4. The summed E-state index contributed by atoms with van der Waals surface area (Å²) in [5.74, 6) is 1.72. The molecule has 2 nitrogen and oxygen atoms in total. The highest BCUT2D eigenvalue weighted by Gasteiger charge is 2.20. The topological polar surface area (TPSA) is 12.5 Å². The fraction of sp³-hybridized carbons (Fsp3) is 0.500. The number of benzene rings is 2. The van der Waals surface area contributed by atoms with Crippen LogP contribution < -0.4 is 4.74 Å². The van der Waals surface area contributed by atoms with Gasteiger partial charge in [-0.15, -0.1) is 0 Å². The highest BCUT2D eigenvalue weighted by Crippen LogP contribution is 2.24. The second-order valence-corrected chi connectivity index (χ2v) is 7.60. The Morgan fingerprint density at radius 2 is 1.81 bits per heavy atom. The zero-order chi connectivity index (χ0) is 18.0. The van der Waals surface area contributed by atoms with Crippen LogP contribution in [0.4, 0.5) is 0 Å². The van der Waals surface area contributed by atoms with Crippen molar-refractivity contribution in [3.63, 3.8) is 0 Å². The predicted molar refractivity (Wildman–Crippen MR) is 110 cm³/mol. The predicted octanol–water partition coefficient (Wildman–Crippen LogP) is 5.56. The summed E-state index contributed by atoms with van der Waals surface area (Å²) >= 11 is 0. The lowest BCUT2D eigenvalue weighted by Crippen LogP contribution is -2.38. The summed E-state index contributed by atoms with van der Waals surface area (Å²) in [7, 11) is 0. The quantitative estimate of drug-likeness (QED) is 0.549. The molecule has 140 valence electrons. The van der Waals surface area contributed by atoms with E-state index in [-0.39, 0.29) is 0 Å². The van der Waals surface area contributed by atoms with Gasteiger partial charge in [0.1, 0.15) is 5.75 Å². The largest absolute Gasteiger partial charge is 0.493 e. The Morgan fingerprint density at radius 3 is 2.65 bits per heavy atom. The van der Waals surface area contributed by atoms with Crippen LogP contribution >= 0.6 is 0 Å². The number of unbranched alkanes of at least 4 members (excludes halogenated alkanes) is 2. The molecule has 1 fully saturated rings. The lowest BCUT2D eigenvalue weighted by Gasteiger charge is -2.32. The minimum Gasteiger partial charge on any atom is -0.493 e. The first-order chi connectivity index (χ1) is 12.8. The van der Waals surface area contributed by atoms with Gasteiger partial charge < -0.3 is 9.64 Å². The molecule has 0 aromatic heterocycles. The van der Waals surface area contributed by atoms with E-state index in [9.17, 15) is 0 Å². The second-order valence-electron chi connectivity index (χ2n) is 7.60. The summed E-state index contributed by atoms with van der Waals surface area (Å²) < 4.78 is 6.30. The van der Waals surface area contributed by atoms with Gasteiger partial charge in [-0.05, 0) is 49.5 Å². The monoisotopic (exact) mass is 351 g/mol. The van der Waals surface area contributed by atoms with Gasteiger partial charge >= 0.3 is 0 Å². The fourth-order valence-corrected chi connectivity index (χ4v) is 3.89. The minimum absolute atomic E-state index is 0.662. The number of nitrogens with zero attached hydrogens (tertiary/aromatic N) is 1. The third kappa shape index (κ3) is 5.88. The molecule has 0 bridgehead atoms. The van der Waals surface area contributed by atoms with E-state index in [0.29, 0.717) is 5.92 Å². The third-order valence-corrected chi connectivity index (χ3v) is 5.37. The molecule has 2 aromatic rings. The summed E-state index contributed by atoms with van der Waals surface area (Å²) in [6.45, 7) is 6.85. The average Bonchev–Trinajstić information content (AvgIpc) is 2.69.